The zero-order valence-corrected chi connectivity index (χ0v) is 10.7. The van der Waals surface area contributed by atoms with Gasteiger partial charge in [-0.2, -0.15) is 5.10 Å². The van der Waals surface area contributed by atoms with Gasteiger partial charge in [0.25, 0.3) is 0 Å². The van der Waals surface area contributed by atoms with Crippen molar-refractivity contribution in [3.05, 3.63) is 18.5 Å². The molecule has 17 heavy (non-hydrogen) atoms. The highest BCUT2D eigenvalue weighted by Crippen LogP contribution is 2.14. The minimum atomic E-state index is -0.860. The Morgan fingerprint density at radius 3 is 2.82 bits per heavy atom. The van der Waals surface area contributed by atoms with Crippen LogP contribution in [0, 0.1) is 5.92 Å². The summed E-state index contributed by atoms with van der Waals surface area (Å²) in [6, 6.07) is 1.82. The van der Waals surface area contributed by atoms with Crippen LogP contribution in [0.1, 0.15) is 27.2 Å². The molecule has 1 rings (SSSR count). The fraction of sp³-hybridized carbons (Fsp3) is 0.667. The first kappa shape index (κ1) is 13.7. The Kier molecular flexibility index (Phi) is 4.69. The summed E-state index contributed by atoms with van der Waals surface area (Å²) >= 11 is 0. The second-order valence-corrected chi connectivity index (χ2v) is 4.81. The molecule has 0 aromatic carbocycles. The summed E-state index contributed by atoms with van der Waals surface area (Å²) < 4.78 is 1.71. The first-order valence-electron chi connectivity index (χ1n) is 5.88. The van der Waals surface area contributed by atoms with E-state index in [9.17, 15) is 9.90 Å². The third-order valence-electron chi connectivity index (χ3n) is 3.01. The number of aromatic nitrogens is 2. The lowest BCUT2D eigenvalue weighted by atomic mass is 9.92. The number of carbonyl (C=O) groups excluding carboxylic acids is 1. The van der Waals surface area contributed by atoms with Crippen molar-refractivity contribution in [1.29, 1.82) is 0 Å². The normalized spacial score (nSPS) is 14.6. The van der Waals surface area contributed by atoms with E-state index >= 15 is 0 Å². The molecule has 5 nitrogen and oxygen atoms in total. The smallest absolute Gasteiger partial charge is 0.221 e. The number of hydrogen-bond acceptors (Lipinski definition) is 3. The van der Waals surface area contributed by atoms with E-state index in [1.807, 2.05) is 26.1 Å². The molecule has 1 heterocycles. The Morgan fingerprint density at radius 2 is 2.29 bits per heavy atom. The van der Waals surface area contributed by atoms with Gasteiger partial charge in [-0.25, -0.2) is 0 Å². The van der Waals surface area contributed by atoms with Crippen LogP contribution in [0.3, 0.4) is 0 Å². The van der Waals surface area contributed by atoms with Crippen molar-refractivity contribution in [3.63, 3.8) is 0 Å². The zero-order chi connectivity index (χ0) is 12.9. The molecule has 5 heteroatoms. The maximum absolute atomic E-state index is 11.5. The minimum absolute atomic E-state index is 0.0681. The van der Waals surface area contributed by atoms with E-state index < -0.39 is 5.60 Å². The van der Waals surface area contributed by atoms with Crippen molar-refractivity contribution >= 4 is 5.91 Å². The third kappa shape index (κ3) is 4.56. The Hall–Kier alpha value is -1.36. The van der Waals surface area contributed by atoms with Crippen LogP contribution in [0.25, 0.3) is 0 Å². The molecule has 2 N–H and O–H groups in total. The second kappa shape index (κ2) is 5.82. The van der Waals surface area contributed by atoms with E-state index in [4.69, 9.17) is 0 Å². The van der Waals surface area contributed by atoms with Crippen LogP contribution in [-0.2, 0) is 11.3 Å². The van der Waals surface area contributed by atoms with Crippen molar-refractivity contribution in [3.8, 4) is 0 Å². The van der Waals surface area contributed by atoms with Gasteiger partial charge in [-0.3, -0.25) is 9.48 Å². The molecule has 0 aliphatic heterocycles. The molecule has 0 spiro atoms. The summed E-state index contributed by atoms with van der Waals surface area (Å²) in [7, 11) is 0. The fourth-order valence-electron chi connectivity index (χ4n) is 1.22. The number of hydrogen-bond donors (Lipinski definition) is 2. The quantitative estimate of drug-likeness (QED) is 0.771. The number of aryl methyl sites for hydroxylation is 1. The molecule has 96 valence electrons. The average Bonchev–Trinajstić information content (AvgIpc) is 2.76. The van der Waals surface area contributed by atoms with E-state index in [1.165, 1.54) is 0 Å². The second-order valence-electron chi connectivity index (χ2n) is 4.81. The molecule has 0 saturated carbocycles. The van der Waals surface area contributed by atoms with Crippen LogP contribution in [0.4, 0.5) is 0 Å². The number of carbonyl (C=O) groups is 1. The van der Waals surface area contributed by atoms with E-state index in [0.717, 1.165) is 0 Å². The zero-order valence-electron chi connectivity index (χ0n) is 10.7. The lowest BCUT2D eigenvalue weighted by Gasteiger charge is -2.27. The molecule has 1 amide bonds. The lowest BCUT2D eigenvalue weighted by Crippen LogP contribution is -2.44. The summed E-state index contributed by atoms with van der Waals surface area (Å²) in [6.07, 6.45) is 3.87. The third-order valence-corrected chi connectivity index (χ3v) is 3.01. The molecule has 0 radical (unpaired) electrons. The highest BCUT2D eigenvalue weighted by molar-refractivity contribution is 5.75. The van der Waals surface area contributed by atoms with Crippen molar-refractivity contribution in [1.82, 2.24) is 15.1 Å². The van der Waals surface area contributed by atoms with Crippen molar-refractivity contribution in [2.45, 2.75) is 39.3 Å². The van der Waals surface area contributed by atoms with Gasteiger partial charge in [-0.1, -0.05) is 13.8 Å². The van der Waals surface area contributed by atoms with Gasteiger partial charge in [-0.15, -0.1) is 0 Å². The van der Waals surface area contributed by atoms with Gasteiger partial charge in [0.2, 0.25) is 5.91 Å². The lowest BCUT2D eigenvalue weighted by molar-refractivity contribution is -0.122. The molecule has 0 aliphatic carbocycles. The van der Waals surface area contributed by atoms with E-state index in [-0.39, 0.29) is 18.4 Å². The predicted molar refractivity (Wildman–Crippen MR) is 65.3 cm³/mol. The number of nitrogens with zero attached hydrogens (tertiary/aromatic N) is 2. The van der Waals surface area contributed by atoms with Crippen LogP contribution in [0.2, 0.25) is 0 Å². The Balaban J connectivity index is 2.26. The van der Waals surface area contributed by atoms with Gasteiger partial charge in [0.1, 0.15) is 0 Å². The van der Waals surface area contributed by atoms with Gasteiger partial charge < -0.3 is 10.4 Å². The predicted octanol–water partition coefficient (Wildman–Crippen LogP) is 0.796. The number of nitrogens with one attached hydrogen (secondary N) is 1. The van der Waals surface area contributed by atoms with Gasteiger partial charge >= 0.3 is 0 Å². The topological polar surface area (TPSA) is 67.2 Å². The minimum Gasteiger partial charge on any atom is -0.388 e. The summed E-state index contributed by atoms with van der Waals surface area (Å²) in [5, 5.41) is 16.7. The molecule has 0 aliphatic rings. The Morgan fingerprint density at radius 1 is 1.59 bits per heavy atom. The monoisotopic (exact) mass is 239 g/mol. The maximum atomic E-state index is 11.5. The van der Waals surface area contributed by atoms with Crippen LogP contribution >= 0.6 is 0 Å². The number of aliphatic hydroxyl groups is 1. The SMILES string of the molecule is CC(C)C(C)(O)CNC(=O)CCn1cccn1. The first-order chi connectivity index (χ1) is 7.92. The molecule has 1 unspecified atom stereocenters. The summed E-state index contributed by atoms with van der Waals surface area (Å²) in [6.45, 7) is 6.42. The number of rotatable bonds is 6. The van der Waals surface area contributed by atoms with E-state index in [2.05, 4.69) is 10.4 Å². The van der Waals surface area contributed by atoms with Gasteiger partial charge in [0.15, 0.2) is 0 Å². The summed E-state index contributed by atoms with van der Waals surface area (Å²) in [4.78, 5) is 11.5. The molecule has 0 bridgehead atoms. The first-order valence-corrected chi connectivity index (χ1v) is 5.88. The van der Waals surface area contributed by atoms with Gasteiger partial charge in [-0.05, 0) is 18.9 Å². The van der Waals surface area contributed by atoms with E-state index in [0.29, 0.717) is 13.0 Å². The summed E-state index contributed by atoms with van der Waals surface area (Å²) in [5.41, 5.74) is -0.860. The van der Waals surface area contributed by atoms with Crippen LogP contribution < -0.4 is 5.32 Å². The van der Waals surface area contributed by atoms with Crippen molar-refractivity contribution in [2.24, 2.45) is 5.92 Å². The molecule has 1 aromatic rings. The van der Waals surface area contributed by atoms with Gasteiger partial charge in [0, 0.05) is 31.9 Å². The molecular weight excluding hydrogens is 218 g/mol. The van der Waals surface area contributed by atoms with Crippen LogP contribution in [0.5, 0.6) is 0 Å². The maximum Gasteiger partial charge on any atom is 0.221 e. The summed E-state index contributed by atoms with van der Waals surface area (Å²) in [5.74, 6) is 0.0374. The molecular formula is C12H21N3O2. The largest absolute Gasteiger partial charge is 0.388 e. The average molecular weight is 239 g/mol. The molecule has 1 atom stereocenters. The fourth-order valence-corrected chi connectivity index (χ4v) is 1.22. The highest BCUT2D eigenvalue weighted by atomic mass is 16.3. The molecule has 1 aromatic heterocycles. The van der Waals surface area contributed by atoms with E-state index in [1.54, 1.807) is 17.8 Å². The Labute approximate surface area is 102 Å². The number of amides is 1. The molecule has 0 fully saturated rings. The van der Waals surface area contributed by atoms with Crippen LogP contribution in [0.15, 0.2) is 18.5 Å². The van der Waals surface area contributed by atoms with Gasteiger partial charge in [0.05, 0.1) is 5.60 Å². The molecule has 0 saturated heterocycles. The van der Waals surface area contributed by atoms with Crippen molar-refractivity contribution < 1.29 is 9.90 Å². The highest BCUT2D eigenvalue weighted by Gasteiger charge is 2.25. The van der Waals surface area contributed by atoms with Crippen LogP contribution in [-0.4, -0.2) is 32.9 Å². The Bertz CT molecular complexity index is 345. The van der Waals surface area contributed by atoms with Crippen molar-refractivity contribution in [2.75, 3.05) is 6.54 Å². The standard InChI is InChI=1S/C12H21N3O2/c1-10(2)12(3,17)9-13-11(16)5-8-15-7-4-6-14-15/h4,6-7,10,17H,5,8-9H2,1-3H3,(H,13,16).